The molecule has 0 spiro atoms. The summed E-state index contributed by atoms with van der Waals surface area (Å²) in [4.78, 5) is 25.4. The van der Waals surface area contributed by atoms with Crippen LogP contribution < -0.4 is 0 Å². The van der Waals surface area contributed by atoms with Crippen molar-refractivity contribution in [1.82, 2.24) is 0 Å². The third kappa shape index (κ3) is 3.65. The Bertz CT molecular complexity index is 816. The molecule has 10 unspecified atom stereocenters. The van der Waals surface area contributed by atoms with Crippen LogP contribution in [0.5, 0.6) is 0 Å². The second kappa shape index (κ2) is 8.50. The van der Waals surface area contributed by atoms with Gasteiger partial charge >= 0.3 is 5.97 Å². The van der Waals surface area contributed by atoms with Gasteiger partial charge in [0.1, 0.15) is 5.78 Å². The molecule has 4 rings (SSSR count). The number of rotatable bonds is 6. The predicted molar refractivity (Wildman–Crippen MR) is 130 cm³/mol. The summed E-state index contributed by atoms with van der Waals surface area (Å²) in [5.41, 5.74) is -1.03. The quantitative estimate of drug-likeness (QED) is 0.470. The van der Waals surface area contributed by atoms with Gasteiger partial charge in [0.2, 0.25) is 0 Å². The molecule has 0 amide bonds. The highest BCUT2D eigenvalue weighted by molar-refractivity contribution is 5.81. The molecule has 4 nitrogen and oxygen atoms in total. The fourth-order valence-electron chi connectivity index (χ4n) is 9.12. The highest BCUT2D eigenvalue weighted by atomic mass is 16.4. The molecule has 0 aromatic heterocycles. The van der Waals surface area contributed by atoms with Crippen LogP contribution >= 0.6 is 0 Å². The van der Waals surface area contributed by atoms with Gasteiger partial charge in [-0.25, -0.2) is 0 Å². The Labute approximate surface area is 200 Å². The predicted octanol–water partition coefficient (Wildman–Crippen LogP) is 6.12. The zero-order valence-electron chi connectivity index (χ0n) is 21.6. The van der Waals surface area contributed by atoms with E-state index in [9.17, 15) is 19.8 Å². The summed E-state index contributed by atoms with van der Waals surface area (Å²) in [6.07, 6.45) is 11.4. The Hall–Kier alpha value is -1.16. The van der Waals surface area contributed by atoms with E-state index in [-0.39, 0.29) is 22.7 Å². The molecule has 4 aliphatic rings. The van der Waals surface area contributed by atoms with Crippen molar-refractivity contribution in [2.45, 2.75) is 99.0 Å². The van der Waals surface area contributed by atoms with Crippen molar-refractivity contribution >= 4 is 11.8 Å². The minimum atomic E-state index is -1.12. The number of ketones is 1. The molecule has 10 atom stereocenters. The highest BCUT2D eigenvalue weighted by Crippen LogP contribution is 2.68. The number of allylic oxidation sites excluding steroid dienone is 2. The lowest BCUT2D eigenvalue weighted by atomic mass is 9.42. The fourth-order valence-corrected chi connectivity index (χ4v) is 9.12. The summed E-state index contributed by atoms with van der Waals surface area (Å²) >= 11 is 0. The highest BCUT2D eigenvalue weighted by Gasteiger charge is 2.64. The van der Waals surface area contributed by atoms with E-state index in [1.54, 1.807) is 6.92 Å². The van der Waals surface area contributed by atoms with Crippen LogP contribution in [0.1, 0.15) is 92.9 Å². The van der Waals surface area contributed by atoms with E-state index in [0.29, 0.717) is 48.2 Å². The number of Topliss-reactive ketones (excluding diaryl/α,β-unsaturated/α-hetero) is 1. The van der Waals surface area contributed by atoms with Crippen LogP contribution in [0.2, 0.25) is 0 Å². The molecule has 0 aliphatic heterocycles. The first-order chi connectivity index (χ1) is 15.4. The van der Waals surface area contributed by atoms with Crippen molar-refractivity contribution < 1.29 is 19.8 Å². The monoisotopic (exact) mass is 458 g/mol. The summed E-state index contributed by atoms with van der Waals surface area (Å²) in [6.45, 7) is 13.1. The van der Waals surface area contributed by atoms with Crippen molar-refractivity contribution in [2.24, 2.45) is 57.7 Å². The van der Waals surface area contributed by atoms with E-state index < -0.39 is 17.5 Å². The van der Waals surface area contributed by atoms with Crippen LogP contribution in [0.15, 0.2) is 12.2 Å². The molecule has 2 N–H and O–H groups in total. The molecule has 3 fully saturated rings. The Morgan fingerprint density at radius 2 is 1.58 bits per heavy atom. The van der Waals surface area contributed by atoms with Gasteiger partial charge in [0.05, 0.1) is 11.5 Å². The van der Waals surface area contributed by atoms with E-state index in [1.165, 1.54) is 6.42 Å². The SMILES string of the molecule is CC(C)CCC(=O)C(C)C1CCC2C3C=CC4C(C)(CCC(O)C4(C)C(=O)O)C3CCC12C. The molecule has 0 aromatic carbocycles. The third-order valence-corrected chi connectivity index (χ3v) is 11.3. The normalized spacial score (nSPS) is 47.5. The zero-order chi connectivity index (χ0) is 24.3. The summed E-state index contributed by atoms with van der Waals surface area (Å²) in [7, 11) is 0. The number of carbonyl (C=O) groups is 2. The largest absolute Gasteiger partial charge is 0.481 e. The Morgan fingerprint density at radius 3 is 2.21 bits per heavy atom. The van der Waals surface area contributed by atoms with E-state index in [1.807, 2.05) is 0 Å². The standard InChI is InChI=1S/C29H46O4/c1-17(2)7-11-23(30)18(3)20-9-10-21-19-8-12-24-28(5,22(19)13-15-27(20,21)4)16-14-25(31)29(24,6)26(32)33/h8,12,17-22,24-25,31H,7,9-11,13-16H2,1-6H3,(H,32,33). The second-order valence-corrected chi connectivity index (χ2v) is 13.2. The third-order valence-electron chi connectivity index (χ3n) is 11.3. The maximum Gasteiger partial charge on any atom is 0.312 e. The summed E-state index contributed by atoms with van der Waals surface area (Å²) in [5.74, 6) is 2.08. The van der Waals surface area contributed by atoms with Gasteiger partial charge in [0, 0.05) is 18.3 Å². The first kappa shape index (κ1) is 24.9. The van der Waals surface area contributed by atoms with Crippen LogP contribution in [0, 0.1) is 57.7 Å². The van der Waals surface area contributed by atoms with Gasteiger partial charge in [-0.3, -0.25) is 9.59 Å². The molecule has 0 saturated heterocycles. The van der Waals surface area contributed by atoms with Crippen molar-refractivity contribution in [3.63, 3.8) is 0 Å². The maximum absolute atomic E-state index is 13.0. The molecular weight excluding hydrogens is 412 g/mol. The van der Waals surface area contributed by atoms with E-state index in [2.05, 4.69) is 46.8 Å². The smallest absolute Gasteiger partial charge is 0.312 e. The number of hydrogen-bond donors (Lipinski definition) is 2. The number of aliphatic carboxylic acids is 1. The van der Waals surface area contributed by atoms with Gasteiger partial charge in [0.15, 0.2) is 0 Å². The van der Waals surface area contributed by atoms with Crippen LogP contribution in [0.4, 0.5) is 0 Å². The van der Waals surface area contributed by atoms with Crippen molar-refractivity contribution in [1.29, 1.82) is 0 Å². The first-order valence-electron chi connectivity index (χ1n) is 13.5. The number of aliphatic hydroxyl groups is 1. The Morgan fingerprint density at radius 1 is 0.939 bits per heavy atom. The molecule has 4 heteroatoms. The van der Waals surface area contributed by atoms with E-state index in [0.717, 1.165) is 32.1 Å². The zero-order valence-corrected chi connectivity index (χ0v) is 21.6. The molecule has 0 aromatic rings. The lowest BCUT2D eigenvalue weighted by Gasteiger charge is -2.62. The number of aliphatic hydroxyl groups excluding tert-OH is 1. The molecule has 0 radical (unpaired) electrons. The van der Waals surface area contributed by atoms with E-state index >= 15 is 0 Å². The Kier molecular flexibility index (Phi) is 6.43. The number of hydrogen-bond acceptors (Lipinski definition) is 3. The average Bonchev–Trinajstić information content (AvgIpc) is 3.11. The van der Waals surface area contributed by atoms with Crippen molar-refractivity contribution in [2.75, 3.05) is 0 Å². The van der Waals surface area contributed by atoms with Crippen molar-refractivity contribution in [3.8, 4) is 0 Å². The molecule has 33 heavy (non-hydrogen) atoms. The van der Waals surface area contributed by atoms with Crippen LogP contribution in [0.25, 0.3) is 0 Å². The molecule has 4 aliphatic carbocycles. The van der Waals surface area contributed by atoms with Gasteiger partial charge in [-0.05, 0) is 92.3 Å². The van der Waals surface area contributed by atoms with Crippen LogP contribution in [-0.4, -0.2) is 28.1 Å². The number of carboxylic acids is 1. The molecule has 3 saturated carbocycles. The van der Waals surface area contributed by atoms with Crippen molar-refractivity contribution in [3.05, 3.63) is 12.2 Å². The number of carbonyl (C=O) groups excluding carboxylic acids is 1. The Balaban J connectivity index is 1.60. The van der Waals surface area contributed by atoms with Crippen LogP contribution in [-0.2, 0) is 9.59 Å². The topological polar surface area (TPSA) is 74.6 Å². The van der Waals surface area contributed by atoms with Gasteiger partial charge < -0.3 is 10.2 Å². The maximum atomic E-state index is 13.0. The summed E-state index contributed by atoms with van der Waals surface area (Å²) in [6, 6.07) is 0. The van der Waals surface area contributed by atoms with Gasteiger partial charge in [-0.1, -0.05) is 46.8 Å². The molecule has 0 bridgehead atoms. The summed E-state index contributed by atoms with van der Waals surface area (Å²) in [5, 5.41) is 20.8. The fraction of sp³-hybridized carbons (Fsp3) is 0.862. The summed E-state index contributed by atoms with van der Waals surface area (Å²) < 4.78 is 0. The average molecular weight is 459 g/mol. The van der Waals surface area contributed by atoms with Gasteiger partial charge in [-0.15, -0.1) is 0 Å². The van der Waals surface area contributed by atoms with Gasteiger partial charge in [0.25, 0.3) is 0 Å². The lowest BCUT2D eigenvalue weighted by Crippen LogP contribution is -2.60. The van der Waals surface area contributed by atoms with Gasteiger partial charge in [-0.2, -0.15) is 0 Å². The molecular formula is C29H46O4. The number of carboxylic acid groups (broad SMARTS) is 1. The molecule has 186 valence electrons. The van der Waals surface area contributed by atoms with Crippen LogP contribution in [0.3, 0.4) is 0 Å². The first-order valence-corrected chi connectivity index (χ1v) is 13.5. The second-order valence-electron chi connectivity index (χ2n) is 13.2. The number of fused-ring (bicyclic) bond motifs is 5. The minimum absolute atomic E-state index is 0.0934. The minimum Gasteiger partial charge on any atom is -0.481 e. The lowest BCUT2D eigenvalue weighted by molar-refractivity contribution is -0.182. The van der Waals surface area contributed by atoms with E-state index in [4.69, 9.17) is 0 Å². The molecule has 0 heterocycles.